The molecule has 7 heteroatoms. The van der Waals surface area contributed by atoms with Gasteiger partial charge in [0.1, 0.15) is 11.6 Å². The van der Waals surface area contributed by atoms with Crippen molar-refractivity contribution in [1.82, 2.24) is 0 Å². The fourth-order valence-corrected chi connectivity index (χ4v) is 2.06. The summed E-state index contributed by atoms with van der Waals surface area (Å²) in [4.78, 5) is 23.8. The molecule has 2 aromatic carbocycles. The Bertz CT molecular complexity index is 752. The van der Waals surface area contributed by atoms with Crippen LogP contribution in [0.1, 0.15) is 17.3 Å². The van der Waals surface area contributed by atoms with Gasteiger partial charge in [0.25, 0.3) is 5.91 Å². The fourth-order valence-electron chi connectivity index (χ4n) is 1.73. The molecule has 0 aliphatic carbocycles. The molecule has 0 unspecified atom stereocenters. The summed E-state index contributed by atoms with van der Waals surface area (Å²) >= 11 is 3.10. The molecule has 0 radical (unpaired) electrons. The number of rotatable bonds is 4. The fraction of sp³-hybridized carbons (Fsp3) is 0.125. The lowest BCUT2D eigenvalue weighted by Gasteiger charge is -2.14. The van der Waals surface area contributed by atoms with Gasteiger partial charge in [-0.2, -0.15) is 0 Å². The summed E-state index contributed by atoms with van der Waals surface area (Å²) in [6.07, 6.45) is -1.22. The Kier molecular flexibility index (Phi) is 5.44. The van der Waals surface area contributed by atoms with E-state index < -0.39 is 29.6 Å². The van der Waals surface area contributed by atoms with Crippen LogP contribution in [-0.4, -0.2) is 18.0 Å². The van der Waals surface area contributed by atoms with E-state index in [0.29, 0.717) is 4.47 Å². The van der Waals surface area contributed by atoms with Gasteiger partial charge in [0.2, 0.25) is 0 Å². The maximum Gasteiger partial charge on any atom is 0.341 e. The van der Waals surface area contributed by atoms with Crippen molar-refractivity contribution < 1.29 is 23.1 Å². The Morgan fingerprint density at radius 3 is 2.48 bits per heavy atom. The molecule has 0 saturated carbocycles. The van der Waals surface area contributed by atoms with Crippen LogP contribution in [0.15, 0.2) is 46.9 Å². The third kappa shape index (κ3) is 4.35. The first-order valence-corrected chi connectivity index (χ1v) is 7.39. The summed E-state index contributed by atoms with van der Waals surface area (Å²) in [7, 11) is 0. The third-order valence-corrected chi connectivity index (χ3v) is 3.43. The van der Waals surface area contributed by atoms with Gasteiger partial charge < -0.3 is 10.1 Å². The molecule has 0 aliphatic rings. The number of esters is 1. The molecule has 0 heterocycles. The minimum atomic E-state index is -1.22. The molecule has 1 atom stereocenters. The molecule has 1 N–H and O–H groups in total. The molecular formula is C16H12BrF2NO3. The maximum absolute atomic E-state index is 13.7. The normalized spacial score (nSPS) is 11.7. The average molecular weight is 384 g/mol. The van der Waals surface area contributed by atoms with Crippen LogP contribution in [0.4, 0.5) is 14.5 Å². The van der Waals surface area contributed by atoms with Crippen LogP contribution in [0.2, 0.25) is 0 Å². The number of amides is 1. The zero-order valence-corrected chi connectivity index (χ0v) is 13.6. The quantitative estimate of drug-likeness (QED) is 0.814. The molecule has 0 saturated heterocycles. The van der Waals surface area contributed by atoms with Crippen LogP contribution in [0, 0.1) is 11.6 Å². The van der Waals surface area contributed by atoms with E-state index in [9.17, 15) is 18.4 Å². The molecule has 0 bridgehead atoms. The van der Waals surface area contributed by atoms with E-state index in [1.807, 2.05) is 0 Å². The van der Waals surface area contributed by atoms with Crippen LogP contribution < -0.4 is 5.32 Å². The predicted octanol–water partition coefficient (Wildman–Crippen LogP) is 3.91. The second kappa shape index (κ2) is 7.32. The minimum Gasteiger partial charge on any atom is -0.449 e. The van der Waals surface area contributed by atoms with E-state index in [1.165, 1.54) is 37.3 Å². The summed E-state index contributed by atoms with van der Waals surface area (Å²) in [5.74, 6) is -3.08. The van der Waals surface area contributed by atoms with Crippen molar-refractivity contribution in [1.29, 1.82) is 0 Å². The van der Waals surface area contributed by atoms with Gasteiger partial charge in [-0.15, -0.1) is 0 Å². The molecule has 0 fully saturated rings. The predicted molar refractivity (Wildman–Crippen MR) is 84.0 cm³/mol. The molecular weight excluding hydrogens is 372 g/mol. The van der Waals surface area contributed by atoms with Crippen molar-refractivity contribution in [3.8, 4) is 0 Å². The van der Waals surface area contributed by atoms with Gasteiger partial charge in [-0.05, 0) is 37.3 Å². The van der Waals surface area contributed by atoms with Gasteiger partial charge in [-0.3, -0.25) is 4.79 Å². The molecule has 2 aromatic rings. The van der Waals surface area contributed by atoms with E-state index in [0.717, 1.165) is 6.07 Å². The number of hydrogen-bond donors (Lipinski definition) is 1. The highest BCUT2D eigenvalue weighted by Gasteiger charge is 2.21. The van der Waals surface area contributed by atoms with Gasteiger partial charge in [0.05, 0.1) is 11.3 Å². The third-order valence-electron chi connectivity index (χ3n) is 2.94. The van der Waals surface area contributed by atoms with Crippen LogP contribution in [0.3, 0.4) is 0 Å². The average Bonchev–Trinajstić information content (AvgIpc) is 2.50. The Balaban J connectivity index is 2.03. The van der Waals surface area contributed by atoms with Crippen molar-refractivity contribution in [3.05, 3.63) is 64.1 Å². The standard InChI is InChI=1S/C16H12BrF2NO3/c1-9(23-16(22)11-4-2-3-5-12(11)18)15(21)20-14-7-6-10(17)8-13(14)19/h2-9H,1H3,(H,20,21)/t9-/m0/s1. The summed E-state index contributed by atoms with van der Waals surface area (Å²) < 4.78 is 32.5. The molecule has 0 aromatic heterocycles. The van der Waals surface area contributed by atoms with E-state index in [-0.39, 0.29) is 11.3 Å². The Morgan fingerprint density at radius 1 is 1.13 bits per heavy atom. The molecule has 23 heavy (non-hydrogen) atoms. The van der Waals surface area contributed by atoms with Crippen molar-refractivity contribution in [2.45, 2.75) is 13.0 Å². The second-order valence-corrected chi connectivity index (χ2v) is 5.56. The topological polar surface area (TPSA) is 55.4 Å². The lowest BCUT2D eigenvalue weighted by Crippen LogP contribution is -2.30. The van der Waals surface area contributed by atoms with Crippen molar-refractivity contribution in [2.75, 3.05) is 5.32 Å². The molecule has 2 rings (SSSR count). The van der Waals surface area contributed by atoms with Gasteiger partial charge in [0.15, 0.2) is 6.10 Å². The maximum atomic E-state index is 13.7. The van der Waals surface area contributed by atoms with E-state index >= 15 is 0 Å². The number of ether oxygens (including phenoxy) is 1. The number of carbonyl (C=O) groups excluding carboxylic acids is 2. The van der Waals surface area contributed by atoms with Crippen molar-refractivity contribution in [2.24, 2.45) is 0 Å². The molecule has 1 amide bonds. The Labute approximate surface area is 139 Å². The van der Waals surface area contributed by atoms with E-state index in [2.05, 4.69) is 21.2 Å². The number of hydrogen-bond acceptors (Lipinski definition) is 3. The highest BCUT2D eigenvalue weighted by Crippen LogP contribution is 2.19. The lowest BCUT2D eigenvalue weighted by molar-refractivity contribution is -0.123. The lowest BCUT2D eigenvalue weighted by atomic mass is 10.2. The zero-order valence-electron chi connectivity index (χ0n) is 12.0. The van der Waals surface area contributed by atoms with Crippen molar-refractivity contribution in [3.63, 3.8) is 0 Å². The Hall–Kier alpha value is -2.28. The number of benzene rings is 2. The summed E-state index contributed by atoms with van der Waals surface area (Å²) in [6, 6.07) is 9.36. The van der Waals surface area contributed by atoms with Crippen LogP contribution in [0.25, 0.3) is 0 Å². The number of carbonyl (C=O) groups is 2. The first-order chi connectivity index (χ1) is 10.9. The molecule has 0 aliphatic heterocycles. The first kappa shape index (κ1) is 17.1. The minimum absolute atomic E-state index is 0.0491. The molecule has 120 valence electrons. The summed E-state index contributed by atoms with van der Waals surface area (Å²) in [5.41, 5.74) is -0.325. The van der Waals surface area contributed by atoms with Crippen molar-refractivity contribution >= 4 is 33.5 Å². The summed E-state index contributed by atoms with van der Waals surface area (Å²) in [6.45, 7) is 1.31. The summed E-state index contributed by atoms with van der Waals surface area (Å²) in [5, 5.41) is 2.30. The molecule has 4 nitrogen and oxygen atoms in total. The van der Waals surface area contributed by atoms with Gasteiger partial charge in [0, 0.05) is 4.47 Å². The van der Waals surface area contributed by atoms with Crippen LogP contribution in [-0.2, 0) is 9.53 Å². The van der Waals surface area contributed by atoms with Gasteiger partial charge in [-0.1, -0.05) is 28.1 Å². The zero-order chi connectivity index (χ0) is 17.0. The highest BCUT2D eigenvalue weighted by molar-refractivity contribution is 9.10. The smallest absolute Gasteiger partial charge is 0.341 e. The van der Waals surface area contributed by atoms with E-state index in [1.54, 1.807) is 6.07 Å². The Morgan fingerprint density at radius 2 is 1.83 bits per heavy atom. The van der Waals surface area contributed by atoms with Crippen LogP contribution in [0.5, 0.6) is 0 Å². The number of nitrogens with one attached hydrogen (secondary N) is 1. The van der Waals surface area contributed by atoms with Crippen LogP contribution >= 0.6 is 15.9 Å². The monoisotopic (exact) mass is 383 g/mol. The first-order valence-electron chi connectivity index (χ1n) is 6.60. The van der Waals surface area contributed by atoms with Gasteiger partial charge in [-0.25, -0.2) is 13.6 Å². The van der Waals surface area contributed by atoms with E-state index in [4.69, 9.17) is 4.74 Å². The second-order valence-electron chi connectivity index (χ2n) is 4.64. The molecule has 0 spiro atoms. The highest BCUT2D eigenvalue weighted by atomic mass is 79.9. The largest absolute Gasteiger partial charge is 0.449 e. The van der Waals surface area contributed by atoms with Gasteiger partial charge >= 0.3 is 5.97 Å². The SMILES string of the molecule is C[C@H](OC(=O)c1ccccc1F)C(=O)Nc1ccc(Br)cc1F. The number of anilines is 1. The number of halogens is 3.